The lowest BCUT2D eigenvalue weighted by molar-refractivity contribution is -0.386. The maximum atomic E-state index is 10.8. The monoisotopic (exact) mass is 260 g/mol. The van der Waals surface area contributed by atoms with Crippen LogP contribution in [0.25, 0.3) is 0 Å². The first-order valence-electron chi connectivity index (χ1n) is 5.64. The summed E-state index contributed by atoms with van der Waals surface area (Å²) in [6, 6.07) is 7.21. The standard InChI is InChI=1S/C12H12N4O3/c1-2-8-3-5-9(6-4-8)19-11-10(16(17)18)7-14-12(13)15-11/h3-7H,2H2,1H3,(H2,13,14,15). The van der Waals surface area contributed by atoms with Crippen LogP contribution in [-0.4, -0.2) is 14.9 Å². The zero-order valence-corrected chi connectivity index (χ0v) is 10.2. The fraction of sp³-hybridized carbons (Fsp3) is 0.167. The first-order valence-corrected chi connectivity index (χ1v) is 5.64. The lowest BCUT2D eigenvalue weighted by Gasteiger charge is -2.06. The number of ether oxygens (including phenoxy) is 1. The summed E-state index contributed by atoms with van der Waals surface area (Å²) in [5.41, 5.74) is 6.22. The number of nitrogens with two attached hydrogens (primary N) is 1. The van der Waals surface area contributed by atoms with Gasteiger partial charge in [0.1, 0.15) is 11.9 Å². The summed E-state index contributed by atoms with van der Waals surface area (Å²) in [7, 11) is 0. The average molecular weight is 260 g/mol. The molecule has 0 fully saturated rings. The number of nitrogens with zero attached hydrogens (tertiary/aromatic N) is 3. The van der Waals surface area contributed by atoms with Gasteiger partial charge in [0.05, 0.1) is 4.92 Å². The summed E-state index contributed by atoms with van der Waals surface area (Å²) in [5, 5.41) is 10.8. The van der Waals surface area contributed by atoms with Crippen LogP contribution in [0.4, 0.5) is 11.6 Å². The minimum atomic E-state index is -0.616. The smallest absolute Gasteiger partial charge is 0.349 e. The van der Waals surface area contributed by atoms with E-state index in [0.29, 0.717) is 5.75 Å². The van der Waals surface area contributed by atoms with Crippen molar-refractivity contribution < 1.29 is 9.66 Å². The summed E-state index contributed by atoms with van der Waals surface area (Å²) >= 11 is 0. The number of benzene rings is 1. The van der Waals surface area contributed by atoms with Gasteiger partial charge in [0, 0.05) is 0 Å². The molecule has 0 aliphatic carbocycles. The van der Waals surface area contributed by atoms with Gasteiger partial charge in [-0.05, 0) is 24.1 Å². The number of hydrogen-bond acceptors (Lipinski definition) is 6. The van der Waals surface area contributed by atoms with E-state index in [9.17, 15) is 10.1 Å². The minimum Gasteiger partial charge on any atom is -0.434 e. The number of aryl methyl sites for hydroxylation is 1. The van der Waals surface area contributed by atoms with Crippen LogP contribution < -0.4 is 10.5 Å². The zero-order chi connectivity index (χ0) is 13.8. The largest absolute Gasteiger partial charge is 0.434 e. The molecule has 2 aromatic rings. The molecule has 0 aliphatic heterocycles. The number of rotatable bonds is 4. The molecule has 0 spiro atoms. The highest BCUT2D eigenvalue weighted by Gasteiger charge is 2.18. The Hall–Kier alpha value is -2.70. The predicted octanol–water partition coefficient (Wildman–Crippen LogP) is 2.32. The fourth-order valence-electron chi connectivity index (χ4n) is 1.48. The van der Waals surface area contributed by atoms with Crippen LogP contribution >= 0.6 is 0 Å². The van der Waals surface area contributed by atoms with Crippen molar-refractivity contribution in [3.05, 3.63) is 46.1 Å². The van der Waals surface area contributed by atoms with E-state index in [2.05, 4.69) is 9.97 Å². The van der Waals surface area contributed by atoms with E-state index in [1.165, 1.54) is 0 Å². The van der Waals surface area contributed by atoms with Gasteiger partial charge in [0.15, 0.2) is 0 Å². The van der Waals surface area contributed by atoms with Crippen molar-refractivity contribution in [2.45, 2.75) is 13.3 Å². The molecule has 0 aliphatic rings. The molecule has 2 rings (SSSR count). The molecule has 7 nitrogen and oxygen atoms in total. The highest BCUT2D eigenvalue weighted by Crippen LogP contribution is 2.28. The molecule has 0 saturated carbocycles. The van der Waals surface area contributed by atoms with E-state index in [1.807, 2.05) is 19.1 Å². The second-order valence-corrected chi connectivity index (χ2v) is 3.78. The summed E-state index contributed by atoms with van der Waals surface area (Å²) in [6.07, 6.45) is 1.93. The Bertz CT molecular complexity index is 598. The van der Waals surface area contributed by atoms with Crippen LogP contribution in [0.3, 0.4) is 0 Å². The van der Waals surface area contributed by atoms with Gasteiger partial charge in [-0.15, -0.1) is 0 Å². The maximum absolute atomic E-state index is 10.8. The Morgan fingerprint density at radius 1 is 1.37 bits per heavy atom. The zero-order valence-electron chi connectivity index (χ0n) is 10.2. The Balaban J connectivity index is 2.31. The lowest BCUT2D eigenvalue weighted by atomic mass is 10.2. The molecule has 19 heavy (non-hydrogen) atoms. The van der Waals surface area contributed by atoms with Crippen molar-refractivity contribution >= 4 is 11.6 Å². The average Bonchev–Trinajstić information content (AvgIpc) is 2.39. The van der Waals surface area contributed by atoms with Crippen LogP contribution in [0.15, 0.2) is 30.5 Å². The van der Waals surface area contributed by atoms with Crippen molar-refractivity contribution in [2.75, 3.05) is 5.73 Å². The third-order valence-electron chi connectivity index (χ3n) is 2.50. The van der Waals surface area contributed by atoms with Crippen molar-refractivity contribution in [1.82, 2.24) is 9.97 Å². The second-order valence-electron chi connectivity index (χ2n) is 3.78. The van der Waals surface area contributed by atoms with E-state index in [4.69, 9.17) is 10.5 Å². The Labute approximate surface area is 109 Å². The number of nitrogen functional groups attached to an aromatic ring is 1. The van der Waals surface area contributed by atoms with E-state index in [0.717, 1.165) is 18.2 Å². The van der Waals surface area contributed by atoms with Gasteiger partial charge in [-0.25, -0.2) is 4.98 Å². The van der Waals surface area contributed by atoms with Gasteiger partial charge in [-0.1, -0.05) is 19.1 Å². The molecule has 0 bridgehead atoms. The van der Waals surface area contributed by atoms with Crippen molar-refractivity contribution in [1.29, 1.82) is 0 Å². The van der Waals surface area contributed by atoms with E-state index in [-0.39, 0.29) is 17.5 Å². The molecule has 0 amide bonds. The summed E-state index contributed by atoms with van der Waals surface area (Å²) in [6.45, 7) is 2.03. The Morgan fingerprint density at radius 2 is 2.05 bits per heavy atom. The summed E-state index contributed by atoms with van der Waals surface area (Å²) in [5.74, 6) is 0.214. The quantitative estimate of drug-likeness (QED) is 0.668. The van der Waals surface area contributed by atoms with Crippen LogP contribution in [0.2, 0.25) is 0 Å². The summed E-state index contributed by atoms with van der Waals surface area (Å²) < 4.78 is 5.38. The molecular formula is C12H12N4O3. The maximum Gasteiger partial charge on any atom is 0.349 e. The van der Waals surface area contributed by atoms with Gasteiger partial charge in [-0.2, -0.15) is 4.98 Å². The number of hydrogen-bond donors (Lipinski definition) is 1. The van der Waals surface area contributed by atoms with Gasteiger partial charge in [0.25, 0.3) is 0 Å². The Morgan fingerprint density at radius 3 is 2.63 bits per heavy atom. The first kappa shape index (κ1) is 12.7. The van der Waals surface area contributed by atoms with E-state index in [1.54, 1.807) is 12.1 Å². The first-order chi connectivity index (χ1) is 9.10. The molecule has 1 aromatic carbocycles. The van der Waals surface area contributed by atoms with E-state index < -0.39 is 4.92 Å². The Kier molecular flexibility index (Phi) is 3.56. The molecule has 0 radical (unpaired) electrons. The van der Waals surface area contributed by atoms with Crippen LogP contribution in [-0.2, 0) is 6.42 Å². The molecule has 1 aromatic heterocycles. The van der Waals surface area contributed by atoms with Gasteiger partial charge in [-0.3, -0.25) is 10.1 Å². The molecule has 0 unspecified atom stereocenters. The molecule has 98 valence electrons. The molecule has 2 N–H and O–H groups in total. The highest BCUT2D eigenvalue weighted by atomic mass is 16.6. The fourth-order valence-corrected chi connectivity index (χ4v) is 1.48. The molecular weight excluding hydrogens is 248 g/mol. The van der Waals surface area contributed by atoms with Crippen LogP contribution in [0.1, 0.15) is 12.5 Å². The van der Waals surface area contributed by atoms with Gasteiger partial charge < -0.3 is 10.5 Å². The van der Waals surface area contributed by atoms with Crippen molar-refractivity contribution in [3.8, 4) is 11.6 Å². The second kappa shape index (κ2) is 5.30. The van der Waals surface area contributed by atoms with Crippen molar-refractivity contribution in [3.63, 3.8) is 0 Å². The minimum absolute atomic E-state index is 0.0780. The SMILES string of the molecule is CCc1ccc(Oc2nc(N)ncc2[N+](=O)[O-])cc1. The molecule has 7 heteroatoms. The number of anilines is 1. The van der Waals surface area contributed by atoms with Gasteiger partial charge in [0.2, 0.25) is 5.95 Å². The topological polar surface area (TPSA) is 104 Å². The third kappa shape index (κ3) is 2.95. The molecule has 0 saturated heterocycles. The summed E-state index contributed by atoms with van der Waals surface area (Å²) in [4.78, 5) is 17.5. The van der Waals surface area contributed by atoms with Crippen LogP contribution in [0.5, 0.6) is 11.6 Å². The molecule has 1 heterocycles. The highest BCUT2D eigenvalue weighted by molar-refractivity contribution is 5.44. The van der Waals surface area contributed by atoms with Crippen molar-refractivity contribution in [2.24, 2.45) is 0 Å². The molecule has 0 atom stereocenters. The lowest BCUT2D eigenvalue weighted by Crippen LogP contribution is -2.01. The van der Waals surface area contributed by atoms with Crippen LogP contribution in [0, 0.1) is 10.1 Å². The van der Waals surface area contributed by atoms with Gasteiger partial charge >= 0.3 is 11.6 Å². The number of nitro groups is 1. The normalized spacial score (nSPS) is 10.2. The van der Waals surface area contributed by atoms with E-state index >= 15 is 0 Å². The predicted molar refractivity (Wildman–Crippen MR) is 69.0 cm³/mol. The number of aromatic nitrogens is 2. The third-order valence-corrected chi connectivity index (χ3v) is 2.50.